The van der Waals surface area contributed by atoms with Crippen molar-refractivity contribution in [2.75, 3.05) is 6.61 Å². The molecule has 94 valence electrons. The van der Waals surface area contributed by atoms with Gasteiger partial charge in [0, 0.05) is 18.4 Å². The minimum Gasteiger partial charge on any atom is -0.494 e. The average molecular weight is 242 g/mol. The molecule has 0 spiro atoms. The zero-order valence-corrected chi connectivity index (χ0v) is 10.5. The van der Waals surface area contributed by atoms with Crippen molar-refractivity contribution in [3.8, 4) is 5.75 Å². The Kier molecular flexibility index (Phi) is 4.31. The molecule has 0 amide bonds. The Hall–Kier alpha value is -1.87. The lowest BCUT2D eigenvalue weighted by Gasteiger charge is -2.12. The lowest BCUT2D eigenvalue weighted by atomic mass is 10.0. The number of benzene rings is 1. The van der Waals surface area contributed by atoms with E-state index >= 15 is 0 Å². The van der Waals surface area contributed by atoms with Crippen LogP contribution in [0.15, 0.2) is 48.8 Å². The van der Waals surface area contributed by atoms with E-state index in [2.05, 4.69) is 17.1 Å². The topological polar surface area (TPSA) is 48.1 Å². The molecule has 0 saturated carbocycles. The number of hydrogen-bond donors (Lipinski definition) is 1. The van der Waals surface area contributed by atoms with E-state index in [0.29, 0.717) is 6.61 Å². The summed E-state index contributed by atoms with van der Waals surface area (Å²) in [6.07, 6.45) is 4.38. The molecule has 0 radical (unpaired) electrons. The Bertz CT molecular complexity index is 468. The molecule has 2 rings (SSSR count). The molecule has 1 aromatic heterocycles. The van der Waals surface area contributed by atoms with Gasteiger partial charge in [0.2, 0.25) is 0 Å². The van der Waals surface area contributed by atoms with Gasteiger partial charge in [-0.3, -0.25) is 4.98 Å². The van der Waals surface area contributed by atoms with Crippen LogP contribution in [0.5, 0.6) is 5.75 Å². The van der Waals surface area contributed by atoms with Crippen LogP contribution in [0.2, 0.25) is 0 Å². The Morgan fingerprint density at radius 1 is 1.22 bits per heavy atom. The third kappa shape index (κ3) is 3.31. The first-order valence-electron chi connectivity index (χ1n) is 6.17. The van der Waals surface area contributed by atoms with E-state index in [-0.39, 0.29) is 6.04 Å². The Labute approximate surface area is 108 Å². The third-order valence-corrected chi connectivity index (χ3v) is 2.80. The van der Waals surface area contributed by atoms with Crippen LogP contribution in [0.3, 0.4) is 0 Å². The predicted molar refractivity (Wildman–Crippen MR) is 72.5 cm³/mol. The molecule has 0 aliphatic rings. The first-order chi connectivity index (χ1) is 8.79. The minimum atomic E-state index is -0.0170. The van der Waals surface area contributed by atoms with Gasteiger partial charge in [-0.05, 0) is 42.7 Å². The van der Waals surface area contributed by atoms with Gasteiger partial charge in [-0.2, -0.15) is 0 Å². The van der Waals surface area contributed by atoms with E-state index in [1.807, 2.05) is 37.4 Å². The molecule has 3 nitrogen and oxygen atoms in total. The molecule has 0 saturated heterocycles. The summed E-state index contributed by atoms with van der Waals surface area (Å²) in [5, 5.41) is 0. The first-order valence-corrected chi connectivity index (χ1v) is 6.17. The molecule has 0 bridgehead atoms. The van der Waals surface area contributed by atoms with Crippen LogP contribution >= 0.6 is 0 Å². The largest absolute Gasteiger partial charge is 0.494 e. The summed E-state index contributed by atoms with van der Waals surface area (Å²) in [7, 11) is 0. The molecule has 0 fully saturated rings. The van der Waals surface area contributed by atoms with Crippen molar-refractivity contribution in [1.82, 2.24) is 4.98 Å². The number of nitrogens with zero attached hydrogens (tertiary/aromatic N) is 1. The number of pyridine rings is 1. The number of hydrogen-bond acceptors (Lipinski definition) is 3. The molecule has 18 heavy (non-hydrogen) atoms. The van der Waals surface area contributed by atoms with E-state index in [1.165, 1.54) is 5.56 Å². The number of rotatable bonds is 5. The maximum Gasteiger partial charge on any atom is 0.119 e. The maximum atomic E-state index is 6.15. The van der Waals surface area contributed by atoms with Gasteiger partial charge >= 0.3 is 0 Å². The fraction of sp³-hybridized carbons (Fsp3) is 0.267. The number of ether oxygens (including phenoxy) is 1. The van der Waals surface area contributed by atoms with Crippen molar-refractivity contribution in [3.05, 3.63) is 59.9 Å². The molecular formula is C15H18N2O. The zero-order valence-electron chi connectivity index (χ0n) is 10.5. The van der Waals surface area contributed by atoms with E-state index in [0.717, 1.165) is 17.7 Å². The van der Waals surface area contributed by atoms with Gasteiger partial charge in [-0.25, -0.2) is 0 Å². The summed E-state index contributed by atoms with van der Waals surface area (Å²) in [5.41, 5.74) is 8.42. The van der Waals surface area contributed by atoms with Crippen LogP contribution < -0.4 is 10.5 Å². The van der Waals surface area contributed by atoms with Gasteiger partial charge in [-0.1, -0.05) is 18.2 Å². The average Bonchev–Trinajstić information content (AvgIpc) is 2.42. The van der Waals surface area contributed by atoms with E-state index in [1.54, 1.807) is 6.20 Å². The zero-order chi connectivity index (χ0) is 12.8. The third-order valence-electron chi connectivity index (χ3n) is 2.80. The predicted octanol–water partition coefficient (Wildman–Crippen LogP) is 2.72. The molecular weight excluding hydrogens is 224 g/mol. The normalized spacial score (nSPS) is 12.1. The molecule has 1 atom stereocenters. The summed E-state index contributed by atoms with van der Waals surface area (Å²) in [4.78, 5) is 4.09. The van der Waals surface area contributed by atoms with Crippen LogP contribution in [0.4, 0.5) is 0 Å². The van der Waals surface area contributed by atoms with Crippen LogP contribution in [0.25, 0.3) is 0 Å². The lowest BCUT2D eigenvalue weighted by molar-refractivity contribution is 0.340. The molecule has 1 aromatic carbocycles. The smallest absolute Gasteiger partial charge is 0.119 e. The van der Waals surface area contributed by atoms with Crippen molar-refractivity contribution >= 4 is 0 Å². The van der Waals surface area contributed by atoms with Gasteiger partial charge in [0.15, 0.2) is 0 Å². The van der Waals surface area contributed by atoms with Crippen molar-refractivity contribution in [3.63, 3.8) is 0 Å². The van der Waals surface area contributed by atoms with Gasteiger partial charge in [0.25, 0.3) is 0 Å². The minimum absolute atomic E-state index is 0.0170. The summed E-state index contributed by atoms with van der Waals surface area (Å²) in [6.45, 7) is 2.67. The van der Waals surface area contributed by atoms with E-state index < -0.39 is 0 Å². The van der Waals surface area contributed by atoms with Crippen LogP contribution in [-0.2, 0) is 6.42 Å². The molecule has 2 N–H and O–H groups in total. The highest BCUT2D eigenvalue weighted by Crippen LogP contribution is 2.18. The SMILES string of the molecule is CCOc1ccc(CC(N)c2cccnc2)cc1. The number of aromatic nitrogens is 1. The number of nitrogens with two attached hydrogens (primary N) is 1. The molecule has 0 aliphatic heterocycles. The highest BCUT2D eigenvalue weighted by molar-refractivity contribution is 5.29. The van der Waals surface area contributed by atoms with Crippen LogP contribution in [0, 0.1) is 0 Å². The van der Waals surface area contributed by atoms with E-state index in [9.17, 15) is 0 Å². The quantitative estimate of drug-likeness (QED) is 0.877. The van der Waals surface area contributed by atoms with Crippen molar-refractivity contribution in [2.24, 2.45) is 5.73 Å². The van der Waals surface area contributed by atoms with Crippen LogP contribution in [-0.4, -0.2) is 11.6 Å². The van der Waals surface area contributed by atoms with E-state index in [4.69, 9.17) is 10.5 Å². The highest BCUT2D eigenvalue weighted by Gasteiger charge is 2.06. The highest BCUT2D eigenvalue weighted by atomic mass is 16.5. The molecule has 1 unspecified atom stereocenters. The second kappa shape index (κ2) is 6.17. The van der Waals surface area contributed by atoms with Gasteiger partial charge < -0.3 is 10.5 Å². The Morgan fingerprint density at radius 2 is 2.00 bits per heavy atom. The Balaban J connectivity index is 2.01. The fourth-order valence-corrected chi connectivity index (χ4v) is 1.86. The molecule has 3 heteroatoms. The second-order valence-corrected chi connectivity index (χ2v) is 4.17. The van der Waals surface area contributed by atoms with Crippen molar-refractivity contribution in [1.29, 1.82) is 0 Å². The monoisotopic (exact) mass is 242 g/mol. The molecule has 0 aliphatic carbocycles. The standard InChI is InChI=1S/C15H18N2O/c1-2-18-14-7-5-12(6-8-14)10-15(16)13-4-3-9-17-11-13/h3-9,11,15H,2,10,16H2,1H3. The summed E-state index contributed by atoms with van der Waals surface area (Å²) < 4.78 is 5.41. The summed E-state index contributed by atoms with van der Waals surface area (Å²) in [5.74, 6) is 0.899. The van der Waals surface area contributed by atoms with Crippen LogP contribution in [0.1, 0.15) is 24.1 Å². The van der Waals surface area contributed by atoms with Gasteiger partial charge in [0.05, 0.1) is 6.61 Å². The van der Waals surface area contributed by atoms with Gasteiger partial charge in [-0.15, -0.1) is 0 Å². The van der Waals surface area contributed by atoms with Crippen molar-refractivity contribution < 1.29 is 4.74 Å². The summed E-state index contributed by atoms with van der Waals surface area (Å²) in [6, 6.07) is 12.0. The maximum absolute atomic E-state index is 6.15. The van der Waals surface area contributed by atoms with Gasteiger partial charge in [0.1, 0.15) is 5.75 Å². The molecule has 2 aromatic rings. The lowest BCUT2D eigenvalue weighted by Crippen LogP contribution is -2.13. The Morgan fingerprint density at radius 3 is 2.61 bits per heavy atom. The second-order valence-electron chi connectivity index (χ2n) is 4.17. The molecule has 1 heterocycles. The summed E-state index contributed by atoms with van der Waals surface area (Å²) >= 11 is 0. The van der Waals surface area contributed by atoms with Crippen molar-refractivity contribution in [2.45, 2.75) is 19.4 Å². The fourth-order valence-electron chi connectivity index (χ4n) is 1.86. The first kappa shape index (κ1) is 12.6.